The van der Waals surface area contributed by atoms with Gasteiger partial charge in [-0.3, -0.25) is 14.0 Å². The molecule has 7 heteroatoms. The molecule has 0 aliphatic carbocycles. The van der Waals surface area contributed by atoms with Gasteiger partial charge in [-0.05, 0) is 29.8 Å². The van der Waals surface area contributed by atoms with E-state index in [1.54, 1.807) is 30.3 Å². The van der Waals surface area contributed by atoms with Crippen LogP contribution in [0, 0.1) is 0 Å². The number of ether oxygens (including phenoxy) is 1. The maximum atomic E-state index is 12.9. The Bertz CT molecular complexity index is 996. The van der Waals surface area contributed by atoms with Gasteiger partial charge in [0.25, 0.3) is 5.56 Å². The molecule has 0 fully saturated rings. The summed E-state index contributed by atoms with van der Waals surface area (Å²) >= 11 is 0. The molecule has 7 nitrogen and oxygen atoms in total. The standard InChI is InChI=1S/C18H16N2O5/c1-25-15(22)10-13(11-5-4-6-12(21)9-11)16-17(23)19-14-7-2-3-8-20(14)18(16)24/h2-9,13,21,23H,10H2,1H3. The van der Waals surface area contributed by atoms with Gasteiger partial charge in [-0.1, -0.05) is 18.2 Å². The van der Waals surface area contributed by atoms with E-state index in [1.165, 1.54) is 29.8 Å². The second kappa shape index (κ2) is 6.64. The minimum absolute atomic E-state index is 0.0132. The van der Waals surface area contributed by atoms with E-state index >= 15 is 0 Å². The monoisotopic (exact) mass is 340 g/mol. The van der Waals surface area contributed by atoms with Crippen LogP contribution in [0.3, 0.4) is 0 Å². The minimum Gasteiger partial charge on any atom is -0.508 e. The number of hydrogen-bond donors (Lipinski definition) is 2. The molecule has 1 unspecified atom stereocenters. The van der Waals surface area contributed by atoms with E-state index < -0.39 is 23.3 Å². The van der Waals surface area contributed by atoms with Crippen LogP contribution in [0.4, 0.5) is 0 Å². The molecule has 0 amide bonds. The number of nitrogens with zero attached hydrogens (tertiary/aromatic N) is 2. The predicted octanol–water partition coefficient (Wildman–Crippen LogP) is 1.80. The Labute approximate surface area is 142 Å². The number of hydrogen-bond acceptors (Lipinski definition) is 6. The second-order valence-electron chi connectivity index (χ2n) is 5.51. The minimum atomic E-state index is -0.809. The Hall–Kier alpha value is -3.35. The first-order valence-corrected chi connectivity index (χ1v) is 7.57. The molecule has 0 spiro atoms. The molecule has 3 aromatic rings. The van der Waals surface area contributed by atoms with Crippen LogP contribution in [0.1, 0.15) is 23.5 Å². The zero-order valence-corrected chi connectivity index (χ0v) is 13.4. The number of phenols is 1. The summed E-state index contributed by atoms with van der Waals surface area (Å²) in [6, 6.07) is 11.1. The molecule has 0 saturated carbocycles. The first-order chi connectivity index (χ1) is 12.0. The number of aromatic hydroxyl groups is 2. The van der Waals surface area contributed by atoms with E-state index in [0.717, 1.165) is 0 Å². The third kappa shape index (κ3) is 3.16. The molecular weight excluding hydrogens is 324 g/mol. The summed E-state index contributed by atoms with van der Waals surface area (Å²) < 4.78 is 6.00. The van der Waals surface area contributed by atoms with Gasteiger partial charge in [0.2, 0.25) is 5.88 Å². The molecule has 0 aliphatic heterocycles. The zero-order chi connectivity index (χ0) is 18.0. The number of aromatic nitrogens is 2. The van der Waals surface area contributed by atoms with Gasteiger partial charge in [0.1, 0.15) is 11.4 Å². The fraction of sp³-hybridized carbons (Fsp3) is 0.167. The number of esters is 1. The smallest absolute Gasteiger partial charge is 0.306 e. The summed E-state index contributed by atoms with van der Waals surface area (Å²) in [5.74, 6) is -1.82. The first kappa shape index (κ1) is 16.5. The molecule has 2 aromatic heterocycles. The maximum Gasteiger partial charge on any atom is 0.306 e. The van der Waals surface area contributed by atoms with Crippen molar-refractivity contribution in [1.29, 1.82) is 0 Å². The molecule has 25 heavy (non-hydrogen) atoms. The molecule has 0 aliphatic rings. The second-order valence-corrected chi connectivity index (χ2v) is 5.51. The summed E-state index contributed by atoms with van der Waals surface area (Å²) in [5, 5.41) is 20.1. The summed E-state index contributed by atoms with van der Waals surface area (Å²) in [5.41, 5.74) is 0.275. The van der Waals surface area contributed by atoms with Crippen molar-refractivity contribution < 1.29 is 19.7 Å². The van der Waals surface area contributed by atoms with Gasteiger partial charge in [0, 0.05) is 12.1 Å². The Morgan fingerprint density at radius 3 is 2.76 bits per heavy atom. The molecule has 0 saturated heterocycles. The molecule has 1 atom stereocenters. The first-order valence-electron chi connectivity index (χ1n) is 7.57. The largest absolute Gasteiger partial charge is 0.508 e. The van der Waals surface area contributed by atoms with Gasteiger partial charge in [-0.2, -0.15) is 4.98 Å². The summed E-state index contributed by atoms with van der Waals surface area (Å²) in [6.45, 7) is 0. The Kier molecular flexibility index (Phi) is 4.38. The van der Waals surface area contributed by atoms with E-state index in [0.29, 0.717) is 11.2 Å². The van der Waals surface area contributed by atoms with Crippen LogP contribution in [0.25, 0.3) is 5.65 Å². The fourth-order valence-corrected chi connectivity index (χ4v) is 2.77. The SMILES string of the molecule is COC(=O)CC(c1cccc(O)c1)c1c(O)nc2ccccn2c1=O. The predicted molar refractivity (Wildman–Crippen MR) is 89.7 cm³/mol. The lowest BCUT2D eigenvalue weighted by atomic mass is 9.89. The van der Waals surface area contributed by atoms with Crippen LogP contribution in [-0.4, -0.2) is 32.7 Å². The van der Waals surface area contributed by atoms with Crippen LogP contribution in [0.5, 0.6) is 11.6 Å². The number of methoxy groups -OCH3 is 1. The van der Waals surface area contributed by atoms with Crippen molar-refractivity contribution in [2.24, 2.45) is 0 Å². The summed E-state index contributed by atoms with van der Waals surface area (Å²) in [6.07, 6.45) is 1.36. The highest BCUT2D eigenvalue weighted by atomic mass is 16.5. The average molecular weight is 340 g/mol. The lowest BCUT2D eigenvalue weighted by Crippen LogP contribution is -2.24. The third-order valence-electron chi connectivity index (χ3n) is 3.97. The lowest BCUT2D eigenvalue weighted by Gasteiger charge is -2.17. The van der Waals surface area contributed by atoms with Crippen LogP contribution in [0.2, 0.25) is 0 Å². The molecule has 0 radical (unpaired) electrons. The number of carbonyl (C=O) groups excluding carboxylic acids is 1. The molecular formula is C18H16N2O5. The van der Waals surface area contributed by atoms with Crippen molar-refractivity contribution in [3.63, 3.8) is 0 Å². The number of pyridine rings is 1. The number of carbonyl (C=O) groups is 1. The highest BCUT2D eigenvalue weighted by molar-refractivity contribution is 5.71. The highest BCUT2D eigenvalue weighted by Crippen LogP contribution is 2.32. The van der Waals surface area contributed by atoms with Crippen LogP contribution < -0.4 is 5.56 Å². The van der Waals surface area contributed by atoms with E-state index in [1.807, 2.05) is 0 Å². The molecule has 128 valence electrons. The van der Waals surface area contributed by atoms with Crippen molar-refractivity contribution in [2.45, 2.75) is 12.3 Å². The van der Waals surface area contributed by atoms with Crippen LogP contribution in [0.15, 0.2) is 53.5 Å². The van der Waals surface area contributed by atoms with Crippen LogP contribution >= 0.6 is 0 Å². The summed E-state index contributed by atoms with van der Waals surface area (Å²) in [4.78, 5) is 28.8. The number of fused-ring (bicyclic) bond motifs is 1. The normalized spacial score (nSPS) is 12.0. The number of rotatable bonds is 4. The van der Waals surface area contributed by atoms with Gasteiger partial charge in [-0.25, -0.2) is 0 Å². The van der Waals surface area contributed by atoms with Gasteiger partial charge in [-0.15, -0.1) is 0 Å². The average Bonchev–Trinajstić information content (AvgIpc) is 2.60. The van der Waals surface area contributed by atoms with E-state index in [2.05, 4.69) is 4.98 Å². The van der Waals surface area contributed by atoms with Crippen molar-refractivity contribution in [2.75, 3.05) is 7.11 Å². The Morgan fingerprint density at radius 1 is 1.24 bits per heavy atom. The quantitative estimate of drug-likeness (QED) is 0.702. The Morgan fingerprint density at radius 2 is 2.04 bits per heavy atom. The fourth-order valence-electron chi connectivity index (χ4n) is 2.77. The van der Waals surface area contributed by atoms with Gasteiger partial charge >= 0.3 is 5.97 Å². The molecule has 3 rings (SSSR count). The van der Waals surface area contributed by atoms with Gasteiger partial charge in [0.15, 0.2) is 0 Å². The van der Waals surface area contributed by atoms with E-state index in [-0.39, 0.29) is 17.7 Å². The van der Waals surface area contributed by atoms with Crippen molar-refractivity contribution >= 4 is 11.6 Å². The molecule has 2 heterocycles. The molecule has 2 N–H and O–H groups in total. The van der Waals surface area contributed by atoms with Gasteiger partial charge in [0.05, 0.1) is 19.1 Å². The number of benzene rings is 1. The summed E-state index contributed by atoms with van der Waals surface area (Å²) in [7, 11) is 1.24. The lowest BCUT2D eigenvalue weighted by molar-refractivity contribution is -0.140. The van der Waals surface area contributed by atoms with E-state index in [9.17, 15) is 19.8 Å². The molecule has 0 bridgehead atoms. The maximum absolute atomic E-state index is 12.9. The van der Waals surface area contributed by atoms with Gasteiger partial charge < -0.3 is 14.9 Å². The highest BCUT2D eigenvalue weighted by Gasteiger charge is 2.27. The van der Waals surface area contributed by atoms with Crippen molar-refractivity contribution in [3.8, 4) is 11.6 Å². The topological polar surface area (TPSA) is 101 Å². The van der Waals surface area contributed by atoms with Crippen molar-refractivity contribution in [1.82, 2.24) is 9.38 Å². The molecule has 1 aromatic carbocycles. The third-order valence-corrected chi connectivity index (χ3v) is 3.97. The van der Waals surface area contributed by atoms with E-state index in [4.69, 9.17) is 4.74 Å². The van der Waals surface area contributed by atoms with Crippen molar-refractivity contribution in [3.05, 3.63) is 70.1 Å². The number of phenolic OH excluding ortho intramolecular Hbond substituents is 1. The van der Waals surface area contributed by atoms with Crippen LogP contribution in [-0.2, 0) is 9.53 Å². The Balaban J connectivity index is 2.24. The zero-order valence-electron chi connectivity index (χ0n) is 13.4.